The van der Waals surface area contributed by atoms with Crippen molar-refractivity contribution < 1.29 is 9.53 Å². The summed E-state index contributed by atoms with van der Waals surface area (Å²) in [5.41, 5.74) is 7.80. The number of aryl methyl sites for hydroxylation is 1. The number of aromatic nitrogens is 2. The summed E-state index contributed by atoms with van der Waals surface area (Å²) < 4.78 is 6.39. The van der Waals surface area contributed by atoms with Gasteiger partial charge in [0, 0.05) is 0 Å². The molecule has 0 bridgehead atoms. The first-order chi connectivity index (χ1) is 9.58. The van der Waals surface area contributed by atoms with Crippen LogP contribution in [0.4, 0.5) is 5.82 Å². The van der Waals surface area contributed by atoms with Gasteiger partial charge in [0.2, 0.25) is 0 Å². The number of benzene rings is 1. The van der Waals surface area contributed by atoms with E-state index in [4.69, 9.17) is 15.7 Å². The molecule has 6 heteroatoms. The Kier molecular flexibility index (Phi) is 3.71. The van der Waals surface area contributed by atoms with Gasteiger partial charge in [-0.25, -0.2) is 9.48 Å². The van der Waals surface area contributed by atoms with E-state index in [2.05, 4.69) is 5.10 Å². The van der Waals surface area contributed by atoms with Crippen LogP contribution in [0.25, 0.3) is 5.69 Å². The van der Waals surface area contributed by atoms with E-state index < -0.39 is 5.97 Å². The van der Waals surface area contributed by atoms with Gasteiger partial charge >= 0.3 is 5.97 Å². The third kappa shape index (κ3) is 2.34. The van der Waals surface area contributed by atoms with Crippen molar-refractivity contribution in [2.24, 2.45) is 0 Å². The maximum absolute atomic E-state index is 11.7. The van der Waals surface area contributed by atoms with Crippen LogP contribution in [0.15, 0.2) is 24.3 Å². The fourth-order valence-corrected chi connectivity index (χ4v) is 1.86. The van der Waals surface area contributed by atoms with Crippen molar-refractivity contribution in [3.05, 3.63) is 41.1 Å². The van der Waals surface area contributed by atoms with Crippen LogP contribution in [0.5, 0.6) is 0 Å². The lowest BCUT2D eigenvalue weighted by Crippen LogP contribution is -2.07. The molecule has 0 aliphatic heterocycles. The number of ether oxygens (including phenoxy) is 1. The van der Waals surface area contributed by atoms with E-state index >= 15 is 0 Å². The molecule has 0 spiro atoms. The predicted molar refractivity (Wildman–Crippen MR) is 73.4 cm³/mol. The minimum Gasteiger partial charge on any atom is -0.462 e. The highest BCUT2D eigenvalue weighted by molar-refractivity contribution is 5.90. The van der Waals surface area contributed by atoms with Crippen LogP contribution in [0.3, 0.4) is 0 Å². The molecule has 1 heterocycles. The summed E-state index contributed by atoms with van der Waals surface area (Å²) in [6.07, 6.45) is 0. The van der Waals surface area contributed by atoms with Crippen LogP contribution in [-0.4, -0.2) is 22.4 Å². The largest absolute Gasteiger partial charge is 0.462 e. The topological polar surface area (TPSA) is 93.9 Å². The molecule has 20 heavy (non-hydrogen) atoms. The minimum absolute atomic E-state index is 0.256. The molecule has 1 aromatic carbocycles. The molecule has 0 aliphatic carbocycles. The second-order valence-electron chi connectivity index (χ2n) is 4.14. The normalized spacial score (nSPS) is 10.1. The number of rotatable bonds is 3. The Morgan fingerprint density at radius 3 is 2.90 bits per heavy atom. The molecule has 0 atom stereocenters. The lowest BCUT2D eigenvalue weighted by molar-refractivity contribution is 0.0526. The van der Waals surface area contributed by atoms with E-state index in [1.807, 2.05) is 6.07 Å². The first-order valence-electron chi connectivity index (χ1n) is 6.11. The lowest BCUT2D eigenvalue weighted by Gasteiger charge is -2.06. The number of nitrogens with two attached hydrogens (primary N) is 1. The van der Waals surface area contributed by atoms with Crippen LogP contribution in [-0.2, 0) is 4.74 Å². The van der Waals surface area contributed by atoms with E-state index in [0.717, 1.165) is 0 Å². The number of anilines is 1. The van der Waals surface area contributed by atoms with Gasteiger partial charge in [0.05, 0.1) is 23.6 Å². The number of nitrogens with zero attached hydrogens (tertiary/aromatic N) is 3. The maximum atomic E-state index is 11.7. The third-order valence-corrected chi connectivity index (χ3v) is 2.81. The minimum atomic E-state index is -0.405. The molecule has 1 aromatic heterocycles. The Bertz CT molecular complexity index is 698. The number of esters is 1. The first kappa shape index (κ1) is 13.6. The second kappa shape index (κ2) is 5.45. The zero-order chi connectivity index (χ0) is 14.7. The average Bonchev–Trinajstić information content (AvgIpc) is 2.74. The first-order valence-corrected chi connectivity index (χ1v) is 6.11. The maximum Gasteiger partial charge on any atom is 0.338 e. The Labute approximate surface area is 116 Å². The number of nitrogen functional groups attached to an aromatic ring is 1. The molecule has 2 N–H and O–H groups in total. The highest BCUT2D eigenvalue weighted by Gasteiger charge is 2.14. The van der Waals surface area contributed by atoms with Crippen molar-refractivity contribution in [2.75, 3.05) is 12.3 Å². The molecule has 0 saturated carbocycles. The fraction of sp³-hybridized carbons (Fsp3) is 0.214. The zero-order valence-corrected chi connectivity index (χ0v) is 11.3. The van der Waals surface area contributed by atoms with Crippen LogP contribution >= 0.6 is 0 Å². The van der Waals surface area contributed by atoms with Gasteiger partial charge in [-0.15, -0.1) is 0 Å². The highest BCUT2D eigenvalue weighted by Crippen LogP contribution is 2.20. The predicted octanol–water partition coefficient (Wildman–Crippen LogP) is 1.81. The number of carbonyl (C=O) groups excluding carboxylic acids is 1. The van der Waals surface area contributed by atoms with Gasteiger partial charge in [0.25, 0.3) is 0 Å². The number of hydrogen-bond donors (Lipinski definition) is 1. The summed E-state index contributed by atoms with van der Waals surface area (Å²) in [6.45, 7) is 3.76. The van der Waals surface area contributed by atoms with Crippen molar-refractivity contribution >= 4 is 11.8 Å². The summed E-state index contributed by atoms with van der Waals surface area (Å²) in [7, 11) is 0. The molecule has 2 rings (SSSR count). The molecule has 0 radical (unpaired) electrons. The van der Waals surface area contributed by atoms with Gasteiger partial charge < -0.3 is 10.5 Å². The highest BCUT2D eigenvalue weighted by atomic mass is 16.5. The Morgan fingerprint density at radius 1 is 1.55 bits per heavy atom. The zero-order valence-electron chi connectivity index (χ0n) is 11.3. The van der Waals surface area contributed by atoms with E-state index in [-0.39, 0.29) is 5.82 Å². The van der Waals surface area contributed by atoms with Crippen molar-refractivity contribution in [3.8, 4) is 11.8 Å². The average molecular weight is 270 g/mol. The number of nitriles is 1. The van der Waals surface area contributed by atoms with Crippen molar-refractivity contribution in [2.45, 2.75) is 13.8 Å². The van der Waals surface area contributed by atoms with E-state index in [0.29, 0.717) is 29.1 Å². The van der Waals surface area contributed by atoms with Crippen molar-refractivity contribution in [1.29, 1.82) is 5.26 Å². The lowest BCUT2D eigenvalue weighted by atomic mass is 10.2. The van der Waals surface area contributed by atoms with E-state index in [9.17, 15) is 4.79 Å². The van der Waals surface area contributed by atoms with Crippen LogP contribution in [0.1, 0.15) is 28.5 Å². The Hall–Kier alpha value is -2.81. The molecular weight excluding hydrogens is 256 g/mol. The molecule has 0 amide bonds. The van der Waals surface area contributed by atoms with Gasteiger partial charge in [-0.05, 0) is 32.0 Å². The molecule has 0 unspecified atom stereocenters. The van der Waals surface area contributed by atoms with Gasteiger partial charge in [0.1, 0.15) is 17.5 Å². The van der Waals surface area contributed by atoms with E-state index in [1.54, 1.807) is 38.1 Å². The van der Waals surface area contributed by atoms with E-state index in [1.165, 1.54) is 4.68 Å². The molecular formula is C14H14N4O2. The molecule has 102 valence electrons. The molecule has 6 nitrogen and oxygen atoms in total. The third-order valence-electron chi connectivity index (χ3n) is 2.81. The van der Waals surface area contributed by atoms with Crippen molar-refractivity contribution in [1.82, 2.24) is 9.78 Å². The van der Waals surface area contributed by atoms with Crippen LogP contribution in [0, 0.1) is 18.3 Å². The fourth-order valence-electron chi connectivity index (χ4n) is 1.86. The van der Waals surface area contributed by atoms with Crippen molar-refractivity contribution in [3.63, 3.8) is 0 Å². The second-order valence-corrected chi connectivity index (χ2v) is 4.14. The van der Waals surface area contributed by atoms with Gasteiger partial charge in [-0.3, -0.25) is 0 Å². The molecule has 0 fully saturated rings. The summed E-state index contributed by atoms with van der Waals surface area (Å²) >= 11 is 0. The SMILES string of the molecule is CCOC(=O)c1cccc(-n2nc(C)c(C#N)c2N)c1. The summed E-state index contributed by atoms with van der Waals surface area (Å²) in [4.78, 5) is 11.7. The summed E-state index contributed by atoms with van der Waals surface area (Å²) in [5, 5.41) is 13.2. The number of hydrogen-bond acceptors (Lipinski definition) is 5. The summed E-state index contributed by atoms with van der Waals surface area (Å²) in [5.74, 6) is -0.150. The number of carbonyl (C=O) groups is 1. The van der Waals surface area contributed by atoms with Gasteiger partial charge in [0.15, 0.2) is 0 Å². The molecule has 2 aromatic rings. The van der Waals surface area contributed by atoms with Crippen LogP contribution < -0.4 is 5.73 Å². The quantitative estimate of drug-likeness (QED) is 0.858. The van der Waals surface area contributed by atoms with Gasteiger partial charge in [-0.1, -0.05) is 6.07 Å². The summed E-state index contributed by atoms with van der Waals surface area (Å²) in [6, 6.07) is 8.76. The monoisotopic (exact) mass is 270 g/mol. The van der Waals surface area contributed by atoms with Crippen LogP contribution in [0.2, 0.25) is 0 Å². The standard InChI is InChI=1S/C14H14N4O2/c1-3-20-14(19)10-5-4-6-11(7-10)18-13(16)12(8-15)9(2)17-18/h4-7H,3,16H2,1-2H3. The smallest absolute Gasteiger partial charge is 0.338 e. The molecule has 0 aliphatic rings. The Balaban J connectivity index is 2.47. The van der Waals surface area contributed by atoms with Gasteiger partial charge in [-0.2, -0.15) is 10.4 Å². The Morgan fingerprint density at radius 2 is 2.30 bits per heavy atom. The molecule has 0 saturated heterocycles.